The first-order chi connectivity index (χ1) is 16.8. The van der Waals surface area contributed by atoms with E-state index in [1.54, 1.807) is 31.8 Å². The van der Waals surface area contributed by atoms with E-state index >= 15 is 0 Å². The van der Waals surface area contributed by atoms with E-state index in [2.05, 4.69) is 25.2 Å². The lowest BCUT2D eigenvalue weighted by atomic mass is 9.86. The number of rotatable bonds is 14. The molecule has 0 aliphatic heterocycles. The largest absolute Gasteiger partial charge is 0.481 e. The van der Waals surface area contributed by atoms with Gasteiger partial charge in [0.05, 0.1) is 32.1 Å². The Labute approximate surface area is 215 Å². The molecule has 11 nitrogen and oxygen atoms in total. The molecule has 0 saturated heterocycles. The summed E-state index contributed by atoms with van der Waals surface area (Å²) in [7, 11) is 1.29. The van der Waals surface area contributed by atoms with Crippen molar-refractivity contribution in [2.24, 2.45) is 10.8 Å². The molecule has 2 aromatic rings. The lowest BCUT2D eigenvalue weighted by molar-refractivity contribution is -0.145. The van der Waals surface area contributed by atoms with Crippen molar-refractivity contribution in [1.29, 1.82) is 0 Å². The molecule has 0 amide bonds. The third-order valence-corrected chi connectivity index (χ3v) is 5.65. The number of nitrogens with zero attached hydrogens (tertiary/aromatic N) is 3. The van der Waals surface area contributed by atoms with Gasteiger partial charge in [0.15, 0.2) is 5.82 Å². The number of hydrogen-bond acceptors (Lipinski definition) is 10. The first kappa shape index (κ1) is 30.9. The maximum Gasteiger partial charge on any atom is 0.306 e. The average Bonchev–Trinajstić information content (AvgIpc) is 3.18. The molecule has 0 radical (unpaired) electrons. The van der Waals surface area contributed by atoms with Crippen LogP contribution in [0.1, 0.15) is 58.7 Å². The van der Waals surface area contributed by atoms with Gasteiger partial charge in [0.2, 0.25) is 5.89 Å². The molecule has 0 saturated carbocycles. The van der Waals surface area contributed by atoms with Gasteiger partial charge in [-0.2, -0.15) is 16.7 Å². The fraction of sp³-hybridized carbons (Fsp3) is 0.583. The van der Waals surface area contributed by atoms with E-state index in [0.29, 0.717) is 23.9 Å². The fourth-order valence-corrected chi connectivity index (χ4v) is 3.81. The van der Waals surface area contributed by atoms with Gasteiger partial charge in [-0.15, -0.1) is 0 Å². The van der Waals surface area contributed by atoms with E-state index in [1.165, 1.54) is 7.11 Å². The Morgan fingerprint density at radius 2 is 1.72 bits per heavy atom. The van der Waals surface area contributed by atoms with Gasteiger partial charge < -0.3 is 24.8 Å². The minimum atomic E-state index is -0.899. The number of carbonyl (C=O) groups excluding carboxylic acids is 1. The van der Waals surface area contributed by atoms with Gasteiger partial charge in [-0.1, -0.05) is 38.9 Å². The number of carboxylic acids is 2. The molecule has 0 spiro atoms. The number of pyridine rings is 1. The van der Waals surface area contributed by atoms with Crippen molar-refractivity contribution >= 4 is 35.5 Å². The van der Waals surface area contributed by atoms with Crippen molar-refractivity contribution in [2.45, 2.75) is 59.1 Å². The molecule has 200 valence electrons. The lowest BCUT2D eigenvalue weighted by Gasteiger charge is -2.19. The van der Waals surface area contributed by atoms with Crippen LogP contribution in [0.4, 0.5) is 5.82 Å². The predicted molar refractivity (Wildman–Crippen MR) is 136 cm³/mol. The quantitative estimate of drug-likeness (QED) is 0.241. The van der Waals surface area contributed by atoms with Crippen LogP contribution in [0.2, 0.25) is 0 Å². The summed E-state index contributed by atoms with van der Waals surface area (Å²) in [5.41, 5.74) is -0.936. The van der Waals surface area contributed by atoms with Crippen molar-refractivity contribution in [3.05, 3.63) is 36.1 Å². The summed E-state index contributed by atoms with van der Waals surface area (Å²) < 4.78 is 9.65. The second-order valence-corrected chi connectivity index (χ2v) is 10.8. The molecule has 0 atom stereocenters. The van der Waals surface area contributed by atoms with E-state index in [9.17, 15) is 14.4 Å². The van der Waals surface area contributed by atoms with E-state index in [-0.39, 0.29) is 25.2 Å². The first-order valence-corrected chi connectivity index (χ1v) is 12.5. The van der Waals surface area contributed by atoms with Crippen LogP contribution in [0.25, 0.3) is 0 Å². The third-order valence-electron chi connectivity index (χ3n) is 4.70. The zero-order valence-corrected chi connectivity index (χ0v) is 22.3. The highest BCUT2D eigenvalue weighted by molar-refractivity contribution is 7.98. The topological polar surface area (TPSA) is 165 Å². The molecule has 0 unspecified atom stereocenters. The van der Waals surface area contributed by atoms with Gasteiger partial charge in [-0.05, 0) is 23.0 Å². The minimum Gasteiger partial charge on any atom is -0.481 e. The van der Waals surface area contributed by atoms with Crippen LogP contribution < -0.4 is 5.32 Å². The molecule has 0 bridgehead atoms. The van der Waals surface area contributed by atoms with Crippen LogP contribution in [0.15, 0.2) is 28.9 Å². The van der Waals surface area contributed by atoms with Crippen LogP contribution in [-0.2, 0) is 31.3 Å². The SMILES string of the molecule is CC(C)(CC(=O)O)Cc1nc(CSCCNc2ccccn2)no1.COC(=O)CC(C)(C)CC(=O)O. The summed E-state index contributed by atoms with van der Waals surface area (Å²) >= 11 is 1.70. The predicted octanol–water partition coefficient (Wildman–Crippen LogP) is 3.90. The fourth-order valence-electron chi connectivity index (χ4n) is 3.12. The summed E-state index contributed by atoms with van der Waals surface area (Å²) in [4.78, 5) is 40.5. The van der Waals surface area contributed by atoms with Crippen LogP contribution in [0.3, 0.4) is 0 Å². The molecule has 12 heteroatoms. The van der Waals surface area contributed by atoms with Crippen molar-refractivity contribution in [3.8, 4) is 0 Å². The van der Waals surface area contributed by atoms with Crippen LogP contribution in [0, 0.1) is 10.8 Å². The highest BCUT2D eigenvalue weighted by Crippen LogP contribution is 2.26. The summed E-state index contributed by atoms with van der Waals surface area (Å²) in [5.74, 6) is 1.45. The first-order valence-electron chi connectivity index (χ1n) is 11.4. The monoisotopic (exact) mass is 524 g/mol. The number of hydrogen-bond donors (Lipinski definition) is 3. The molecule has 2 rings (SSSR count). The van der Waals surface area contributed by atoms with Gasteiger partial charge in [-0.3, -0.25) is 14.4 Å². The highest BCUT2D eigenvalue weighted by Gasteiger charge is 2.26. The van der Waals surface area contributed by atoms with Gasteiger partial charge in [0.1, 0.15) is 5.82 Å². The van der Waals surface area contributed by atoms with Gasteiger partial charge in [-0.25, -0.2) is 4.98 Å². The van der Waals surface area contributed by atoms with Gasteiger partial charge >= 0.3 is 17.9 Å². The summed E-state index contributed by atoms with van der Waals surface area (Å²) in [6.45, 7) is 8.00. The van der Waals surface area contributed by atoms with Crippen LogP contribution >= 0.6 is 11.8 Å². The summed E-state index contributed by atoms with van der Waals surface area (Å²) in [6.07, 6.45) is 2.39. The van der Waals surface area contributed by atoms with Gasteiger partial charge in [0, 0.05) is 24.9 Å². The van der Waals surface area contributed by atoms with Crippen LogP contribution in [-0.4, -0.2) is 62.7 Å². The van der Waals surface area contributed by atoms with Crippen molar-refractivity contribution in [2.75, 3.05) is 24.7 Å². The summed E-state index contributed by atoms with van der Waals surface area (Å²) in [6, 6.07) is 5.75. The molecule has 0 aromatic carbocycles. The molecule has 2 aromatic heterocycles. The van der Waals surface area contributed by atoms with Crippen LogP contribution in [0.5, 0.6) is 0 Å². The molecular weight excluding hydrogens is 488 g/mol. The number of esters is 1. The van der Waals surface area contributed by atoms with E-state index in [4.69, 9.17) is 14.7 Å². The van der Waals surface area contributed by atoms with Crippen molar-refractivity contribution < 1.29 is 33.9 Å². The molecule has 36 heavy (non-hydrogen) atoms. The number of carbonyl (C=O) groups is 3. The number of nitrogens with one attached hydrogen (secondary N) is 1. The second-order valence-electron chi connectivity index (χ2n) is 9.70. The second kappa shape index (κ2) is 15.1. The maximum absolute atomic E-state index is 10.8. The molecular formula is C24H36N4O7S. The Morgan fingerprint density at radius 3 is 2.31 bits per heavy atom. The Hall–Kier alpha value is -3.15. The van der Waals surface area contributed by atoms with E-state index in [0.717, 1.165) is 18.1 Å². The summed E-state index contributed by atoms with van der Waals surface area (Å²) in [5, 5.41) is 24.6. The Balaban J connectivity index is 0.000000457. The number of methoxy groups -OCH3 is 1. The standard InChI is InChI=1S/C16H22N4O3S.C8H14O4/c1-16(2,10-15(21)22)9-14-19-13(20-23-14)11-24-8-7-18-12-5-3-4-6-17-12;1-8(2,4-6(9)10)5-7(11)12-3/h3-6H,7-11H2,1-2H3,(H,17,18)(H,21,22);4-5H2,1-3H3,(H,9,10). The Bertz CT molecular complexity index is 964. The highest BCUT2D eigenvalue weighted by atomic mass is 32.2. The van der Waals surface area contributed by atoms with E-state index in [1.807, 2.05) is 32.0 Å². The third kappa shape index (κ3) is 14.3. The number of thioether (sulfide) groups is 1. The van der Waals surface area contributed by atoms with Crippen molar-refractivity contribution in [1.82, 2.24) is 15.1 Å². The van der Waals surface area contributed by atoms with E-state index < -0.39 is 22.8 Å². The van der Waals surface area contributed by atoms with Crippen molar-refractivity contribution in [3.63, 3.8) is 0 Å². The number of anilines is 1. The lowest BCUT2D eigenvalue weighted by Crippen LogP contribution is -2.21. The molecule has 2 heterocycles. The molecule has 0 aliphatic rings. The number of aromatic nitrogens is 3. The normalized spacial score (nSPS) is 11.2. The molecule has 3 N–H and O–H groups in total. The Kier molecular flexibility index (Phi) is 12.9. The zero-order chi connectivity index (χ0) is 27.2. The molecule has 0 fully saturated rings. The Morgan fingerprint density at radius 1 is 1.06 bits per heavy atom. The van der Waals surface area contributed by atoms with Gasteiger partial charge in [0.25, 0.3) is 0 Å². The number of ether oxygens (including phenoxy) is 1. The average molecular weight is 525 g/mol. The minimum absolute atomic E-state index is 0.0257. The molecule has 0 aliphatic carbocycles. The maximum atomic E-state index is 10.8. The zero-order valence-electron chi connectivity index (χ0n) is 21.4. The number of carboxylic acid groups (broad SMARTS) is 2. The smallest absolute Gasteiger partial charge is 0.306 e. The number of aliphatic carboxylic acids is 2.